The van der Waals surface area contributed by atoms with Crippen molar-refractivity contribution in [1.29, 1.82) is 0 Å². The Morgan fingerprint density at radius 1 is 0.431 bits per heavy atom. The number of amides is 1. The molecule has 0 fully saturated rings. The van der Waals surface area contributed by atoms with Crippen molar-refractivity contribution in [2.45, 2.75) is 289 Å². The Kier molecular flexibility index (Phi) is 47.0. The lowest BCUT2D eigenvalue weighted by atomic mass is 10.0. The third-order valence-electron chi connectivity index (χ3n) is 11.9. The number of aliphatic hydroxyl groups is 3. The van der Waals surface area contributed by atoms with E-state index in [1.165, 1.54) is 212 Å². The van der Waals surface area contributed by atoms with Crippen LogP contribution in [0.2, 0.25) is 0 Å². The smallest absolute Gasteiger partial charge is 0.222 e. The van der Waals surface area contributed by atoms with E-state index in [1.807, 2.05) is 6.08 Å². The summed E-state index contributed by atoms with van der Waals surface area (Å²) in [6.45, 7) is 4.21. The summed E-state index contributed by atoms with van der Waals surface area (Å²) in [6.07, 6.45) is 61.8. The van der Waals surface area contributed by atoms with Crippen LogP contribution in [0.5, 0.6) is 0 Å². The molecule has 4 N–H and O–H groups in total. The van der Waals surface area contributed by atoms with Gasteiger partial charge in [0.1, 0.15) is 0 Å². The Hall–Kier alpha value is -1.43. The summed E-state index contributed by atoms with van der Waals surface area (Å²) >= 11 is 0. The molecule has 0 saturated carbocycles. The van der Waals surface area contributed by atoms with Gasteiger partial charge in [0.05, 0.1) is 31.3 Å². The normalized spacial score (nSPS) is 13.7. The van der Waals surface area contributed by atoms with E-state index in [0.29, 0.717) is 6.42 Å². The number of aliphatic hydroxyl groups excluding tert-OH is 3. The lowest BCUT2D eigenvalue weighted by molar-refractivity contribution is -0.124. The van der Waals surface area contributed by atoms with Crippen molar-refractivity contribution < 1.29 is 20.1 Å². The van der Waals surface area contributed by atoms with Crippen molar-refractivity contribution in [3.05, 3.63) is 36.5 Å². The molecule has 0 aliphatic carbocycles. The van der Waals surface area contributed by atoms with Gasteiger partial charge in [-0.3, -0.25) is 4.79 Å². The quantitative estimate of drug-likeness (QED) is 0.0364. The van der Waals surface area contributed by atoms with E-state index in [4.69, 9.17) is 0 Å². The number of carbonyl (C=O) groups excluding carboxylic acids is 1. The molecule has 0 aromatic heterocycles. The van der Waals surface area contributed by atoms with Crippen molar-refractivity contribution in [1.82, 2.24) is 5.32 Å². The van der Waals surface area contributed by atoms with E-state index in [9.17, 15) is 20.1 Å². The van der Waals surface area contributed by atoms with Crippen LogP contribution in [-0.2, 0) is 4.79 Å². The Morgan fingerprint density at radius 2 is 0.741 bits per heavy atom. The standard InChI is InChI=1S/C53H101NO4/c1-3-5-7-9-11-13-15-17-19-20-21-22-23-24-25-26-27-28-29-30-31-33-34-36-38-40-42-44-46-50(56)48-53(58)54-51(49-55)52(57)47-45-43-41-39-37-35-32-18-16-14-12-10-8-6-4-2/h24-25,37,39,45,47,50-52,55-57H,3-23,26-36,38,40-44,46,48-49H2,1-2H3,(H,54,58)/b25-24-,39-37+,47-45+. The fourth-order valence-electron chi connectivity index (χ4n) is 7.94. The van der Waals surface area contributed by atoms with Gasteiger partial charge in [-0.25, -0.2) is 0 Å². The van der Waals surface area contributed by atoms with Gasteiger partial charge in [0.2, 0.25) is 5.91 Å². The molecule has 342 valence electrons. The number of unbranched alkanes of at least 4 members (excludes halogenated alkanes) is 34. The molecule has 3 unspecified atom stereocenters. The number of hydrogen-bond donors (Lipinski definition) is 4. The largest absolute Gasteiger partial charge is 0.394 e. The molecular formula is C53H101NO4. The minimum atomic E-state index is -0.951. The van der Waals surface area contributed by atoms with Crippen LogP contribution < -0.4 is 5.32 Å². The average Bonchev–Trinajstić information content (AvgIpc) is 3.22. The minimum Gasteiger partial charge on any atom is -0.394 e. The number of allylic oxidation sites excluding steroid dienone is 5. The zero-order chi connectivity index (χ0) is 42.3. The van der Waals surface area contributed by atoms with Crippen LogP contribution in [0.1, 0.15) is 271 Å². The van der Waals surface area contributed by atoms with E-state index < -0.39 is 18.2 Å². The number of rotatable bonds is 47. The number of nitrogens with one attached hydrogen (secondary N) is 1. The predicted molar refractivity (Wildman–Crippen MR) is 254 cm³/mol. The molecule has 0 heterocycles. The maximum absolute atomic E-state index is 12.5. The highest BCUT2D eigenvalue weighted by Gasteiger charge is 2.20. The Morgan fingerprint density at radius 3 is 1.10 bits per heavy atom. The summed E-state index contributed by atoms with van der Waals surface area (Å²) in [7, 11) is 0. The zero-order valence-electron chi connectivity index (χ0n) is 38.9. The summed E-state index contributed by atoms with van der Waals surface area (Å²) < 4.78 is 0. The Balaban J connectivity index is 3.58. The van der Waals surface area contributed by atoms with Gasteiger partial charge in [-0.05, 0) is 57.8 Å². The topological polar surface area (TPSA) is 89.8 Å². The lowest BCUT2D eigenvalue weighted by Crippen LogP contribution is -2.45. The Labute approximate surface area is 362 Å². The van der Waals surface area contributed by atoms with Crippen molar-refractivity contribution in [3.8, 4) is 0 Å². The highest BCUT2D eigenvalue weighted by molar-refractivity contribution is 5.76. The highest BCUT2D eigenvalue weighted by atomic mass is 16.3. The van der Waals surface area contributed by atoms with Gasteiger partial charge in [0.15, 0.2) is 0 Å². The van der Waals surface area contributed by atoms with Gasteiger partial charge in [0, 0.05) is 0 Å². The highest BCUT2D eigenvalue weighted by Crippen LogP contribution is 2.16. The van der Waals surface area contributed by atoms with E-state index in [1.54, 1.807) is 6.08 Å². The van der Waals surface area contributed by atoms with E-state index >= 15 is 0 Å². The molecule has 0 aromatic rings. The second kappa shape index (κ2) is 48.2. The van der Waals surface area contributed by atoms with Crippen LogP contribution >= 0.6 is 0 Å². The van der Waals surface area contributed by atoms with Crippen molar-refractivity contribution in [2.24, 2.45) is 0 Å². The Bertz CT molecular complexity index is 901. The van der Waals surface area contributed by atoms with Gasteiger partial charge >= 0.3 is 0 Å². The summed E-state index contributed by atoms with van der Waals surface area (Å²) in [5.74, 6) is -0.324. The molecule has 5 heteroatoms. The van der Waals surface area contributed by atoms with Gasteiger partial charge in [-0.15, -0.1) is 0 Å². The zero-order valence-corrected chi connectivity index (χ0v) is 38.9. The summed E-state index contributed by atoms with van der Waals surface area (Å²) in [6, 6.07) is -0.760. The SMILES string of the molecule is CCCCCCCCCCC/C=C/CC/C=C/C(O)C(CO)NC(=O)CC(O)CCCCCCCCCCCCCC/C=C\CCCCCCCCCCCCCC. The molecular weight excluding hydrogens is 715 g/mol. The van der Waals surface area contributed by atoms with Gasteiger partial charge in [-0.2, -0.15) is 0 Å². The molecule has 3 atom stereocenters. The van der Waals surface area contributed by atoms with Gasteiger partial charge in [0.25, 0.3) is 0 Å². The van der Waals surface area contributed by atoms with E-state index in [0.717, 1.165) is 32.1 Å². The third kappa shape index (κ3) is 44.1. The maximum atomic E-state index is 12.5. The molecule has 58 heavy (non-hydrogen) atoms. The molecule has 0 aliphatic heterocycles. The molecule has 0 radical (unpaired) electrons. The van der Waals surface area contributed by atoms with Gasteiger partial charge in [-0.1, -0.05) is 243 Å². The average molecular weight is 816 g/mol. The van der Waals surface area contributed by atoms with Crippen LogP contribution in [0.25, 0.3) is 0 Å². The molecule has 0 saturated heterocycles. The van der Waals surface area contributed by atoms with Crippen molar-refractivity contribution in [2.75, 3.05) is 6.61 Å². The minimum absolute atomic E-state index is 0.00684. The first kappa shape index (κ1) is 56.6. The van der Waals surface area contributed by atoms with Crippen molar-refractivity contribution in [3.63, 3.8) is 0 Å². The summed E-state index contributed by atoms with van der Waals surface area (Å²) in [5, 5.41) is 33.3. The lowest BCUT2D eigenvalue weighted by Gasteiger charge is -2.21. The molecule has 0 bridgehead atoms. The molecule has 0 aromatic carbocycles. The first-order valence-electron chi connectivity index (χ1n) is 25.8. The summed E-state index contributed by atoms with van der Waals surface area (Å²) in [5.41, 5.74) is 0. The molecule has 0 aliphatic rings. The number of hydrogen-bond acceptors (Lipinski definition) is 4. The first-order valence-corrected chi connectivity index (χ1v) is 25.8. The fraction of sp³-hybridized carbons (Fsp3) is 0.868. The third-order valence-corrected chi connectivity index (χ3v) is 11.9. The monoisotopic (exact) mass is 816 g/mol. The molecule has 0 rings (SSSR count). The van der Waals surface area contributed by atoms with Gasteiger partial charge < -0.3 is 20.6 Å². The van der Waals surface area contributed by atoms with Crippen LogP contribution in [0.4, 0.5) is 0 Å². The maximum Gasteiger partial charge on any atom is 0.222 e. The fourth-order valence-corrected chi connectivity index (χ4v) is 7.94. The molecule has 0 spiro atoms. The molecule has 5 nitrogen and oxygen atoms in total. The van der Waals surface area contributed by atoms with Crippen molar-refractivity contribution >= 4 is 5.91 Å². The van der Waals surface area contributed by atoms with Crippen LogP contribution in [0.3, 0.4) is 0 Å². The van der Waals surface area contributed by atoms with Crippen LogP contribution in [0.15, 0.2) is 36.5 Å². The predicted octanol–water partition coefficient (Wildman–Crippen LogP) is 15.5. The second-order valence-electron chi connectivity index (χ2n) is 17.8. The molecule has 1 amide bonds. The first-order chi connectivity index (χ1) is 28.5. The second-order valence-corrected chi connectivity index (χ2v) is 17.8. The summed E-state index contributed by atoms with van der Waals surface area (Å²) in [4.78, 5) is 12.5. The number of carbonyl (C=O) groups is 1. The van der Waals surface area contributed by atoms with E-state index in [2.05, 4.69) is 43.5 Å². The van der Waals surface area contributed by atoms with E-state index in [-0.39, 0.29) is 18.9 Å². The van der Waals surface area contributed by atoms with Crippen LogP contribution in [-0.4, -0.2) is 46.1 Å². The van der Waals surface area contributed by atoms with Crippen LogP contribution in [0, 0.1) is 0 Å².